The van der Waals surface area contributed by atoms with Crippen LogP contribution in [0.4, 0.5) is 0 Å². The second-order valence-corrected chi connectivity index (χ2v) is 6.37. The van der Waals surface area contributed by atoms with Crippen molar-refractivity contribution in [1.82, 2.24) is 9.80 Å². The summed E-state index contributed by atoms with van der Waals surface area (Å²) < 4.78 is 5.30. The Bertz CT molecular complexity index is 701. The van der Waals surface area contributed by atoms with Crippen LogP contribution in [0.2, 0.25) is 0 Å². The molecule has 5 heteroatoms. The Morgan fingerprint density at radius 3 is 2.24 bits per heavy atom. The van der Waals surface area contributed by atoms with E-state index in [0.29, 0.717) is 12.1 Å². The van der Waals surface area contributed by atoms with Crippen molar-refractivity contribution in [3.8, 4) is 5.75 Å². The zero-order chi connectivity index (χ0) is 18.2. The van der Waals surface area contributed by atoms with Crippen molar-refractivity contribution in [1.29, 1.82) is 0 Å². The largest absolute Gasteiger partial charge is 0.497 e. The van der Waals surface area contributed by atoms with Gasteiger partial charge in [-0.05, 0) is 49.5 Å². The number of rotatable bonds is 9. The molecule has 0 spiro atoms. The third kappa shape index (κ3) is 6.21. The molecule has 0 unspecified atom stereocenters. The van der Waals surface area contributed by atoms with E-state index in [2.05, 4.69) is 30.0 Å². The van der Waals surface area contributed by atoms with Crippen molar-refractivity contribution >= 4 is 5.97 Å². The zero-order valence-corrected chi connectivity index (χ0v) is 15.1. The molecule has 0 aliphatic heterocycles. The fourth-order valence-electron chi connectivity index (χ4n) is 2.65. The molecule has 0 fully saturated rings. The molecule has 0 saturated heterocycles. The number of hydrogen-bond acceptors (Lipinski definition) is 4. The minimum absolute atomic E-state index is 0.325. The van der Waals surface area contributed by atoms with Gasteiger partial charge in [-0.2, -0.15) is 0 Å². The number of aromatic carboxylic acids is 1. The van der Waals surface area contributed by atoms with Gasteiger partial charge in [0, 0.05) is 26.2 Å². The molecule has 5 nitrogen and oxygen atoms in total. The van der Waals surface area contributed by atoms with Gasteiger partial charge in [-0.15, -0.1) is 0 Å². The summed E-state index contributed by atoms with van der Waals surface area (Å²) in [6.07, 6.45) is 0. The minimum atomic E-state index is -0.894. The van der Waals surface area contributed by atoms with Gasteiger partial charge in [0.1, 0.15) is 5.75 Å². The lowest BCUT2D eigenvalue weighted by atomic mass is 10.1. The number of benzene rings is 2. The molecular weight excluding hydrogens is 316 g/mol. The number of hydrogen-bond donors (Lipinski definition) is 1. The van der Waals surface area contributed by atoms with Crippen LogP contribution in [0.1, 0.15) is 21.5 Å². The first-order valence-corrected chi connectivity index (χ1v) is 8.30. The minimum Gasteiger partial charge on any atom is -0.497 e. The van der Waals surface area contributed by atoms with Crippen LogP contribution in [0.15, 0.2) is 48.5 Å². The maximum atomic E-state index is 11.2. The van der Waals surface area contributed by atoms with Crippen LogP contribution < -0.4 is 4.74 Å². The van der Waals surface area contributed by atoms with Gasteiger partial charge in [-0.3, -0.25) is 4.90 Å². The molecule has 0 radical (unpaired) electrons. The molecular formula is C20H26N2O3. The van der Waals surface area contributed by atoms with Crippen molar-refractivity contribution in [2.75, 3.05) is 34.3 Å². The molecule has 134 valence electrons. The molecule has 1 N–H and O–H groups in total. The summed E-state index contributed by atoms with van der Waals surface area (Å²) in [7, 11) is 5.77. The topological polar surface area (TPSA) is 53.0 Å². The zero-order valence-electron chi connectivity index (χ0n) is 15.1. The van der Waals surface area contributed by atoms with Crippen LogP contribution in [-0.2, 0) is 13.1 Å². The summed E-state index contributed by atoms with van der Waals surface area (Å²) in [5, 5.41) is 9.18. The second kappa shape index (κ2) is 9.20. The first-order valence-electron chi connectivity index (χ1n) is 8.30. The Labute approximate surface area is 149 Å². The van der Waals surface area contributed by atoms with Crippen molar-refractivity contribution in [2.24, 2.45) is 0 Å². The van der Waals surface area contributed by atoms with E-state index in [0.717, 1.165) is 30.9 Å². The summed E-state index contributed by atoms with van der Waals surface area (Å²) in [4.78, 5) is 15.6. The molecule has 0 atom stereocenters. The van der Waals surface area contributed by atoms with Crippen molar-refractivity contribution in [3.05, 3.63) is 65.2 Å². The summed E-state index contributed by atoms with van der Waals surface area (Å²) in [5.74, 6) is -0.0487. The van der Waals surface area contributed by atoms with Crippen LogP contribution >= 0.6 is 0 Å². The molecule has 0 bridgehead atoms. The monoisotopic (exact) mass is 342 g/mol. The molecule has 0 aliphatic carbocycles. The first-order chi connectivity index (χ1) is 12.0. The number of carboxylic acid groups (broad SMARTS) is 1. The second-order valence-electron chi connectivity index (χ2n) is 6.37. The van der Waals surface area contributed by atoms with Crippen LogP contribution in [0.25, 0.3) is 0 Å². The molecule has 0 saturated carbocycles. The number of ether oxygens (including phenoxy) is 1. The van der Waals surface area contributed by atoms with Gasteiger partial charge < -0.3 is 14.7 Å². The third-order valence-electron chi connectivity index (χ3n) is 3.98. The highest BCUT2D eigenvalue weighted by molar-refractivity contribution is 5.87. The predicted molar refractivity (Wildman–Crippen MR) is 99.1 cm³/mol. The van der Waals surface area contributed by atoms with Gasteiger partial charge >= 0.3 is 5.97 Å². The number of carbonyl (C=O) groups is 1. The van der Waals surface area contributed by atoms with E-state index in [9.17, 15) is 9.90 Å². The van der Waals surface area contributed by atoms with E-state index < -0.39 is 5.97 Å². The molecule has 0 aromatic heterocycles. The van der Waals surface area contributed by atoms with Gasteiger partial charge in [0.15, 0.2) is 0 Å². The predicted octanol–water partition coefficient (Wildman–Crippen LogP) is 2.96. The van der Waals surface area contributed by atoms with Gasteiger partial charge in [-0.25, -0.2) is 4.79 Å². The lowest BCUT2D eigenvalue weighted by Gasteiger charge is -2.24. The molecule has 2 rings (SSSR count). The third-order valence-corrected chi connectivity index (χ3v) is 3.98. The van der Waals surface area contributed by atoms with E-state index in [4.69, 9.17) is 4.74 Å². The number of carboxylic acids is 1. The van der Waals surface area contributed by atoms with Crippen molar-refractivity contribution in [3.63, 3.8) is 0 Å². The van der Waals surface area contributed by atoms with E-state index in [-0.39, 0.29) is 0 Å². The van der Waals surface area contributed by atoms with Crippen LogP contribution in [0.5, 0.6) is 5.75 Å². The summed E-state index contributed by atoms with van der Waals surface area (Å²) in [5.41, 5.74) is 2.50. The normalized spacial score (nSPS) is 11.1. The van der Waals surface area contributed by atoms with Gasteiger partial charge in [-0.1, -0.05) is 24.3 Å². The highest BCUT2D eigenvalue weighted by Crippen LogP contribution is 2.16. The Morgan fingerprint density at radius 2 is 1.64 bits per heavy atom. The van der Waals surface area contributed by atoms with Crippen LogP contribution in [0, 0.1) is 0 Å². The van der Waals surface area contributed by atoms with E-state index >= 15 is 0 Å². The fraction of sp³-hybridized carbons (Fsp3) is 0.350. The molecule has 2 aromatic carbocycles. The average molecular weight is 342 g/mol. The van der Waals surface area contributed by atoms with E-state index in [1.165, 1.54) is 5.56 Å². The molecule has 0 aliphatic rings. The standard InChI is InChI=1S/C20H26N2O3/c1-21(2)10-11-22(15-17-7-5-9-19(13-17)25-3)14-16-6-4-8-18(12-16)20(23)24/h4-9,12-13H,10-11,14-15H2,1-3H3,(H,23,24). The van der Waals surface area contributed by atoms with Crippen LogP contribution in [-0.4, -0.2) is 55.2 Å². The SMILES string of the molecule is COc1cccc(CN(CCN(C)C)Cc2cccc(C(=O)O)c2)c1. The summed E-state index contributed by atoms with van der Waals surface area (Å²) in [6, 6.07) is 15.2. The van der Waals surface area contributed by atoms with Crippen LogP contribution in [0.3, 0.4) is 0 Å². The highest BCUT2D eigenvalue weighted by Gasteiger charge is 2.10. The molecule has 0 amide bonds. The first kappa shape index (κ1) is 19.0. The fourth-order valence-corrected chi connectivity index (χ4v) is 2.65. The summed E-state index contributed by atoms with van der Waals surface area (Å²) >= 11 is 0. The highest BCUT2D eigenvalue weighted by atomic mass is 16.5. The maximum Gasteiger partial charge on any atom is 0.335 e. The van der Waals surface area contributed by atoms with Gasteiger partial charge in [0.05, 0.1) is 12.7 Å². The quantitative estimate of drug-likeness (QED) is 0.759. The van der Waals surface area contributed by atoms with Gasteiger partial charge in [0.2, 0.25) is 0 Å². The van der Waals surface area contributed by atoms with Crippen molar-refractivity contribution in [2.45, 2.75) is 13.1 Å². The van der Waals surface area contributed by atoms with E-state index in [1.807, 2.05) is 24.3 Å². The lowest BCUT2D eigenvalue weighted by Crippen LogP contribution is -2.31. The Kier molecular flexibility index (Phi) is 6.98. The van der Waals surface area contributed by atoms with Gasteiger partial charge in [0.25, 0.3) is 0 Å². The number of likely N-dealkylation sites (N-methyl/N-ethyl adjacent to an activating group) is 1. The molecule has 2 aromatic rings. The van der Waals surface area contributed by atoms with Crippen molar-refractivity contribution < 1.29 is 14.6 Å². The molecule has 25 heavy (non-hydrogen) atoms. The van der Waals surface area contributed by atoms with E-state index in [1.54, 1.807) is 25.3 Å². The molecule has 0 heterocycles. The Balaban J connectivity index is 2.14. The smallest absolute Gasteiger partial charge is 0.335 e. The Hall–Kier alpha value is -2.37. The number of methoxy groups -OCH3 is 1. The Morgan fingerprint density at radius 1 is 1.00 bits per heavy atom. The lowest BCUT2D eigenvalue weighted by molar-refractivity contribution is 0.0696. The average Bonchev–Trinajstić information content (AvgIpc) is 2.60. The maximum absolute atomic E-state index is 11.2. The number of nitrogens with zero attached hydrogens (tertiary/aromatic N) is 2. The summed E-state index contributed by atoms with van der Waals surface area (Å²) in [6.45, 7) is 3.30.